The molecule has 0 saturated heterocycles. The number of nitrogens with one attached hydrogen (secondary N) is 1. The predicted molar refractivity (Wildman–Crippen MR) is 89.6 cm³/mol. The van der Waals surface area contributed by atoms with E-state index in [1.54, 1.807) is 18.2 Å². The van der Waals surface area contributed by atoms with Gasteiger partial charge in [-0.05, 0) is 48.2 Å². The normalized spacial score (nSPS) is 12.0. The lowest BCUT2D eigenvalue weighted by Crippen LogP contribution is -2.12. The van der Waals surface area contributed by atoms with Gasteiger partial charge in [-0.15, -0.1) is 0 Å². The van der Waals surface area contributed by atoms with E-state index in [4.69, 9.17) is 23.2 Å². The highest BCUT2D eigenvalue weighted by molar-refractivity contribution is 6.37. The van der Waals surface area contributed by atoms with E-state index in [1.807, 2.05) is 24.3 Å². The summed E-state index contributed by atoms with van der Waals surface area (Å²) in [4.78, 5) is 12.2. The van der Waals surface area contributed by atoms with E-state index in [1.165, 1.54) is 5.56 Å². The highest BCUT2D eigenvalue weighted by Crippen LogP contribution is 2.23. The van der Waals surface area contributed by atoms with Gasteiger partial charge in [0, 0.05) is 10.7 Å². The summed E-state index contributed by atoms with van der Waals surface area (Å²) in [6.07, 6.45) is 1.09. The number of benzene rings is 2. The van der Waals surface area contributed by atoms with Gasteiger partial charge in [0.15, 0.2) is 0 Å². The zero-order chi connectivity index (χ0) is 15.4. The molecule has 4 heteroatoms. The number of carbonyl (C=O) groups excluding carboxylic acids is 1. The van der Waals surface area contributed by atoms with Crippen LogP contribution in [-0.2, 0) is 0 Å². The molecule has 0 spiro atoms. The van der Waals surface area contributed by atoms with Crippen LogP contribution >= 0.6 is 23.2 Å². The minimum atomic E-state index is -0.243. The van der Waals surface area contributed by atoms with Crippen molar-refractivity contribution in [1.29, 1.82) is 0 Å². The molecule has 0 bridgehead atoms. The van der Waals surface area contributed by atoms with Crippen molar-refractivity contribution < 1.29 is 4.79 Å². The third-order valence-corrected chi connectivity index (χ3v) is 4.07. The Labute approximate surface area is 135 Å². The van der Waals surface area contributed by atoms with E-state index >= 15 is 0 Å². The van der Waals surface area contributed by atoms with E-state index in [0.29, 0.717) is 21.5 Å². The smallest absolute Gasteiger partial charge is 0.257 e. The van der Waals surface area contributed by atoms with Crippen molar-refractivity contribution in [2.45, 2.75) is 26.2 Å². The lowest BCUT2D eigenvalue weighted by atomic mass is 9.98. The first-order valence-electron chi connectivity index (χ1n) is 6.87. The maximum Gasteiger partial charge on any atom is 0.257 e. The molecule has 0 fully saturated rings. The minimum Gasteiger partial charge on any atom is -0.322 e. The Balaban J connectivity index is 2.12. The Morgan fingerprint density at radius 1 is 1.14 bits per heavy atom. The summed E-state index contributed by atoms with van der Waals surface area (Å²) in [6, 6.07) is 12.7. The first kappa shape index (κ1) is 15.9. The number of carbonyl (C=O) groups is 1. The van der Waals surface area contributed by atoms with Crippen LogP contribution in [0.5, 0.6) is 0 Å². The number of hydrogen-bond acceptors (Lipinski definition) is 1. The van der Waals surface area contributed by atoms with E-state index in [2.05, 4.69) is 19.2 Å². The largest absolute Gasteiger partial charge is 0.322 e. The van der Waals surface area contributed by atoms with Crippen LogP contribution in [0.15, 0.2) is 42.5 Å². The lowest BCUT2D eigenvalue weighted by molar-refractivity contribution is 0.102. The molecule has 0 aromatic heterocycles. The summed E-state index contributed by atoms with van der Waals surface area (Å²) in [7, 11) is 0. The third-order valence-electron chi connectivity index (χ3n) is 3.53. The Morgan fingerprint density at radius 3 is 2.38 bits per heavy atom. The molecule has 1 atom stereocenters. The molecular formula is C17H17Cl2NO. The molecule has 1 N–H and O–H groups in total. The predicted octanol–water partition coefficient (Wildman–Crippen LogP) is 5.76. The van der Waals surface area contributed by atoms with E-state index < -0.39 is 0 Å². The highest BCUT2D eigenvalue weighted by atomic mass is 35.5. The monoisotopic (exact) mass is 321 g/mol. The second-order valence-corrected chi connectivity index (χ2v) is 5.85. The van der Waals surface area contributed by atoms with Crippen molar-refractivity contribution in [3.63, 3.8) is 0 Å². The highest BCUT2D eigenvalue weighted by Gasteiger charge is 2.11. The maximum atomic E-state index is 12.2. The second kappa shape index (κ2) is 6.97. The number of halogens is 2. The standard InChI is InChI=1S/C17H17Cl2NO/c1-3-11(2)12-4-7-14(8-5-12)20-17(21)15-9-6-13(18)10-16(15)19/h4-11H,3H2,1-2H3,(H,20,21). The summed E-state index contributed by atoms with van der Waals surface area (Å²) in [5, 5.41) is 3.69. The second-order valence-electron chi connectivity index (χ2n) is 5.01. The summed E-state index contributed by atoms with van der Waals surface area (Å²) in [5.41, 5.74) is 2.42. The Bertz CT molecular complexity index is 638. The van der Waals surface area contributed by atoms with Crippen LogP contribution in [0.4, 0.5) is 5.69 Å². The molecule has 0 saturated carbocycles. The molecule has 0 aliphatic carbocycles. The van der Waals surface area contributed by atoms with E-state index in [0.717, 1.165) is 12.1 Å². The number of anilines is 1. The van der Waals surface area contributed by atoms with Crippen LogP contribution < -0.4 is 5.32 Å². The molecule has 0 radical (unpaired) electrons. The molecule has 0 aliphatic rings. The van der Waals surface area contributed by atoms with Gasteiger partial charge in [0.25, 0.3) is 5.91 Å². The summed E-state index contributed by atoms with van der Waals surface area (Å²) >= 11 is 11.9. The number of amides is 1. The van der Waals surface area contributed by atoms with Crippen molar-refractivity contribution >= 4 is 34.8 Å². The molecule has 2 rings (SSSR count). The zero-order valence-corrected chi connectivity index (χ0v) is 13.5. The number of rotatable bonds is 4. The van der Waals surface area contributed by atoms with Crippen molar-refractivity contribution in [3.8, 4) is 0 Å². The van der Waals surface area contributed by atoms with Gasteiger partial charge in [0.2, 0.25) is 0 Å². The van der Waals surface area contributed by atoms with Crippen LogP contribution in [0.3, 0.4) is 0 Å². The third kappa shape index (κ3) is 3.99. The average molecular weight is 322 g/mol. The Hall–Kier alpha value is -1.51. The molecule has 2 aromatic rings. The van der Waals surface area contributed by atoms with Gasteiger partial charge in [-0.25, -0.2) is 0 Å². The molecule has 1 amide bonds. The van der Waals surface area contributed by atoms with Crippen LogP contribution in [0, 0.1) is 0 Å². The van der Waals surface area contributed by atoms with Crippen LogP contribution in [0.25, 0.3) is 0 Å². The van der Waals surface area contributed by atoms with E-state index in [9.17, 15) is 4.79 Å². The molecule has 0 aliphatic heterocycles. The van der Waals surface area contributed by atoms with Gasteiger partial charge in [0.05, 0.1) is 10.6 Å². The Morgan fingerprint density at radius 2 is 1.81 bits per heavy atom. The van der Waals surface area contributed by atoms with Crippen molar-refractivity contribution in [2.75, 3.05) is 5.32 Å². The molecule has 2 aromatic carbocycles. The van der Waals surface area contributed by atoms with E-state index in [-0.39, 0.29) is 5.91 Å². The quantitative estimate of drug-likeness (QED) is 0.762. The fourth-order valence-electron chi connectivity index (χ4n) is 2.00. The van der Waals surface area contributed by atoms with Crippen molar-refractivity contribution in [3.05, 3.63) is 63.6 Å². The molecule has 2 nitrogen and oxygen atoms in total. The van der Waals surface area contributed by atoms with Gasteiger partial charge in [-0.2, -0.15) is 0 Å². The molecule has 21 heavy (non-hydrogen) atoms. The summed E-state index contributed by atoms with van der Waals surface area (Å²) < 4.78 is 0. The van der Waals surface area contributed by atoms with Crippen molar-refractivity contribution in [1.82, 2.24) is 0 Å². The molecule has 110 valence electrons. The number of hydrogen-bond donors (Lipinski definition) is 1. The maximum absolute atomic E-state index is 12.2. The minimum absolute atomic E-state index is 0.243. The summed E-state index contributed by atoms with van der Waals surface area (Å²) in [5.74, 6) is 0.272. The van der Waals surface area contributed by atoms with Gasteiger partial charge < -0.3 is 5.32 Å². The SMILES string of the molecule is CCC(C)c1ccc(NC(=O)c2ccc(Cl)cc2Cl)cc1. The summed E-state index contributed by atoms with van der Waals surface area (Å²) in [6.45, 7) is 4.34. The first-order valence-corrected chi connectivity index (χ1v) is 7.63. The fourth-order valence-corrected chi connectivity index (χ4v) is 2.50. The van der Waals surface area contributed by atoms with Crippen LogP contribution in [0.1, 0.15) is 42.1 Å². The Kier molecular flexibility index (Phi) is 5.27. The topological polar surface area (TPSA) is 29.1 Å². The lowest BCUT2D eigenvalue weighted by Gasteiger charge is -2.11. The molecule has 0 heterocycles. The van der Waals surface area contributed by atoms with Gasteiger partial charge in [0.1, 0.15) is 0 Å². The molecular weight excluding hydrogens is 305 g/mol. The fraction of sp³-hybridized carbons (Fsp3) is 0.235. The van der Waals surface area contributed by atoms with Crippen LogP contribution in [0.2, 0.25) is 10.0 Å². The average Bonchev–Trinajstić information content (AvgIpc) is 2.47. The zero-order valence-electron chi connectivity index (χ0n) is 12.0. The molecule has 1 unspecified atom stereocenters. The van der Waals surface area contributed by atoms with Gasteiger partial charge >= 0.3 is 0 Å². The first-order chi connectivity index (χ1) is 10.0. The van der Waals surface area contributed by atoms with Crippen molar-refractivity contribution in [2.24, 2.45) is 0 Å². The van der Waals surface area contributed by atoms with Gasteiger partial charge in [-0.1, -0.05) is 49.2 Å². The van der Waals surface area contributed by atoms with Gasteiger partial charge in [-0.3, -0.25) is 4.79 Å². The van der Waals surface area contributed by atoms with Crippen LogP contribution in [-0.4, -0.2) is 5.91 Å².